The molecular weight excluding hydrogens is 430 g/mol. The van der Waals surface area contributed by atoms with Crippen LogP contribution in [0.2, 0.25) is 0 Å². The van der Waals surface area contributed by atoms with Crippen LogP contribution < -0.4 is 39.3 Å². The van der Waals surface area contributed by atoms with Crippen LogP contribution in [0.1, 0.15) is 13.3 Å². The number of hydrogen-bond donors (Lipinski definition) is 7. The standard InChI is InChI=1S/C23H59N11/c1-2-8-29-10-16-32(14-6-27)19-22-34(17-11-30-9-3-24)23-21-33(15-7-28)20-18-31(12-4-25)13-5-26/h29-30H,2-28H2,1H3. The molecule has 0 unspecified atom stereocenters. The molecule has 0 rings (SSSR count). The van der Waals surface area contributed by atoms with Gasteiger partial charge in [-0.15, -0.1) is 0 Å². The fourth-order valence-electron chi connectivity index (χ4n) is 3.92. The van der Waals surface area contributed by atoms with E-state index in [1.165, 1.54) is 0 Å². The minimum absolute atomic E-state index is 0.660. The van der Waals surface area contributed by atoms with Gasteiger partial charge in [0.1, 0.15) is 0 Å². The SMILES string of the molecule is CCCNCCN(CCN)CCN(CCNCCN)CCN(CCN)CCN(CCN)CCN. The van der Waals surface area contributed by atoms with Crippen molar-refractivity contribution in [1.29, 1.82) is 0 Å². The van der Waals surface area contributed by atoms with Crippen LogP contribution in [0.3, 0.4) is 0 Å². The Morgan fingerprint density at radius 1 is 0.382 bits per heavy atom. The van der Waals surface area contributed by atoms with Gasteiger partial charge in [0.05, 0.1) is 0 Å². The molecule has 0 saturated carbocycles. The lowest BCUT2D eigenvalue weighted by molar-refractivity contribution is 0.165. The highest BCUT2D eigenvalue weighted by molar-refractivity contribution is 4.71. The van der Waals surface area contributed by atoms with Crippen molar-refractivity contribution in [2.45, 2.75) is 13.3 Å². The van der Waals surface area contributed by atoms with Gasteiger partial charge in [0, 0.05) is 131 Å². The van der Waals surface area contributed by atoms with Crippen LogP contribution in [-0.2, 0) is 0 Å². The maximum atomic E-state index is 5.92. The molecule has 34 heavy (non-hydrogen) atoms. The molecule has 0 spiro atoms. The van der Waals surface area contributed by atoms with E-state index in [2.05, 4.69) is 37.2 Å². The van der Waals surface area contributed by atoms with Crippen LogP contribution in [0.25, 0.3) is 0 Å². The van der Waals surface area contributed by atoms with Crippen LogP contribution >= 0.6 is 0 Å². The highest BCUT2D eigenvalue weighted by Gasteiger charge is 2.13. The Balaban J connectivity index is 4.76. The number of hydrogen-bond acceptors (Lipinski definition) is 11. The van der Waals surface area contributed by atoms with Gasteiger partial charge in [0.15, 0.2) is 0 Å². The number of nitrogens with one attached hydrogen (secondary N) is 2. The summed E-state index contributed by atoms with van der Waals surface area (Å²) in [5.74, 6) is 0. The van der Waals surface area contributed by atoms with Crippen LogP contribution in [0, 0.1) is 0 Å². The average Bonchev–Trinajstić information content (AvgIpc) is 2.83. The van der Waals surface area contributed by atoms with Crippen LogP contribution in [0.15, 0.2) is 0 Å². The molecule has 0 aromatic rings. The van der Waals surface area contributed by atoms with Gasteiger partial charge < -0.3 is 39.3 Å². The van der Waals surface area contributed by atoms with E-state index in [-0.39, 0.29) is 0 Å². The van der Waals surface area contributed by atoms with E-state index in [9.17, 15) is 0 Å². The summed E-state index contributed by atoms with van der Waals surface area (Å²) in [4.78, 5) is 9.83. The lowest BCUT2D eigenvalue weighted by Gasteiger charge is -2.31. The van der Waals surface area contributed by atoms with Crippen LogP contribution in [0.5, 0.6) is 0 Å². The molecule has 0 aliphatic carbocycles. The quantitative estimate of drug-likeness (QED) is 0.0574. The molecule has 0 aromatic carbocycles. The van der Waals surface area contributed by atoms with Gasteiger partial charge in [-0.3, -0.25) is 19.6 Å². The fraction of sp³-hybridized carbons (Fsp3) is 1.00. The van der Waals surface area contributed by atoms with E-state index in [0.29, 0.717) is 32.7 Å². The number of rotatable bonds is 27. The zero-order chi connectivity index (χ0) is 25.3. The second-order valence-corrected chi connectivity index (χ2v) is 8.81. The molecule has 12 N–H and O–H groups in total. The number of nitrogens with zero attached hydrogens (tertiary/aromatic N) is 4. The zero-order valence-corrected chi connectivity index (χ0v) is 22.2. The summed E-state index contributed by atoms with van der Waals surface area (Å²) in [7, 11) is 0. The van der Waals surface area contributed by atoms with Crippen molar-refractivity contribution in [3.63, 3.8) is 0 Å². The maximum absolute atomic E-state index is 5.92. The van der Waals surface area contributed by atoms with Gasteiger partial charge in [-0.2, -0.15) is 0 Å². The van der Waals surface area contributed by atoms with Crippen molar-refractivity contribution in [2.75, 3.05) is 137 Å². The Hall–Kier alpha value is -0.440. The van der Waals surface area contributed by atoms with Gasteiger partial charge in [0.2, 0.25) is 0 Å². The van der Waals surface area contributed by atoms with E-state index in [1.54, 1.807) is 0 Å². The van der Waals surface area contributed by atoms with E-state index in [0.717, 1.165) is 111 Å². The summed E-state index contributed by atoms with van der Waals surface area (Å²) >= 11 is 0. The Morgan fingerprint density at radius 3 is 1.06 bits per heavy atom. The summed E-state index contributed by atoms with van der Waals surface area (Å²) in [6.07, 6.45) is 1.16. The maximum Gasteiger partial charge on any atom is 0.0110 e. The fourth-order valence-corrected chi connectivity index (χ4v) is 3.92. The molecule has 0 amide bonds. The van der Waals surface area contributed by atoms with E-state index in [1.807, 2.05) is 0 Å². The Labute approximate surface area is 210 Å². The smallest absolute Gasteiger partial charge is 0.0110 e. The first-order valence-corrected chi connectivity index (χ1v) is 13.5. The predicted molar refractivity (Wildman–Crippen MR) is 147 cm³/mol. The molecule has 0 aliphatic rings. The first-order chi connectivity index (χ1) is 16.6. The van der Waals surface area contributed by atoms with Gasteiger partial charge in [-0.05, 0) is 13.0 Å². The third-order valence-electron chi connectivity index (χ3n) is 5.94. The Morgan fingerprint density at radius 2 is 0.706 bits per heavy atom. The van der Waals surface area contributed by atoms with Gasteiger partial charge in [-0.1, -0.05) is 6.92 Å². The molecule has 0 heterocycles. The van der Waals surface area contributed by atoms with Crippen molar-refractivity contribution in [3.05, 3.63) is 0 Å². The molecular formula is C23H59N11. The molecule has 0 saturated heterocycles. The topological polar surface area (TPSA) is 167 Å². The Kier molecular flexibility index (Phi) is 25.3. The highest BCUT2D eigenvalue weighted by atomic mass is 15.2. The number of nitrogens with two attached hydrogens (primary N) is 5. The van der Waals surface area contributed by atoms with Gasteiger partial charge in [0.25, 0.3) is 0 Å². The third-order valence-corrected chi connectivity index (χ3v) is 5.94. The Bertz CT molecular complexity index is 397. The summed E-state index contributed by atoms with van der Waals surface area (Å²) in [5, 5.41) is 6.93. The second-order valence-electron chi connectivity index (χ2n) is 8.81. The van der Waals surface area contributed by atoms with Crippen molar-refractivity contribution < 1.29 is 0 Å². The first kappa shape index (κ1) is 33.6. The highest BCUT2D eigenvalue weighted by Crippen LogP contribution is 1.97. The molecule has 0 fully saturated rings. The summed E-state index contributed by atoms with van der Waals surface area (Å²) < 4.78 is 0. The second kappa shape index (κ2) is 25.6. The molecule has 0 bridgehead atoms. The first-order valence-electron chi connectivity index (χ1n) is 13.5. The minimum atomic E-state index is 0.660. The van der Waals surface area contributed by atoms with Crippen LogP contribution in [-0.4, -0.2) is 157 Å². The molecule has 11 heteroatoms. The third kappa shape index (κ3) is 19.8. The van der Waals surface area contributed by atoms with E-state index < -0.39 is 0 Å². The normalized spacial score (nSPS) is 12.2. The molecule has 0 radical (unpaired) electrons. The average molecular weight is 490 g/mol. The van der Waals surface area contributed by atoms with Gasteiger partial charge >= 0.3 is 0 Å². The molecule has 11 nitrogen and oxygen atoms in total. The van der Waals surface area contributed by atoms with Crippen molar-refractivity contribution in [1.82, 2.24) is 30.2 Å². The predicted octanol–water partition coefficient (Wildman–Crippen LogP) is -3.42. The largest absolute Gasteiger partial charge is 0.329 e. The lowest BCUT2D eigenvalue weighted by Crippen LogP contribution is -2.46. The van der Waals surface area contributed by atoms with E-state index in [4.69, 9.17) is 28.7 Å². The monoisotopic (exact) mass is 489 g/mol. The lowest BCUT2D eigenvalue weighted by atomic mass is 10.3. The van der Waals surface area contributed by atoms with Crippen molar-refractivity contribution >= 4 is 0 Å². The molecule has 0 aromatic heterocycles. The molecule has 0 aliphatic heterocycles. The molecule has 0 atom stereocenters. The summed E-state index contributed by atoms with van der Waals surface area (Å²) in [5.41, 5.74) is 29.0. The van der Waals surface area contributed by atoms with Crippen molar-refractivity contribution in [3.8, 4) is 0 Å². The minimum Gasteiger partial charge on any atom is -0.329 e. The van der Waals surface area contributed by atoms with Crippen molar-refractivity contribution in [2.24, 2.45) is 28.7 Å². The molecule has 206 valence electrons. The van der Waals surface area contributed by atoms with Gasteiger partial charge in [-0.25, -0.2) is 0 Å². The van der Waals surface area contributed by atoms with Crippen LogP contribution in [0.4, 0.5) is 0 Å². The zero-order valence-electron chi connectivity index (χ0n) is 22.2. The summed E-state index contributed by atoms with van der Waals surface area (Å²) in [6.45, 7) is 21.1. The van der Waals surface area contributed by atoms with E-state index >= 15 is 0 Å². The summed E-state index contributed by atoms with van der Waals surface area (Å²) in [6, 6.07) is 0.